The lowest BCUT2D eigenvalue weighted by Gasteiger charge is -2.50. The largest absolute Gasteiger partial charge is 0.426 e. The number of esters is 1. The van der Waals surface area contributed by atoms with Gasteiger partial charge in [0.15, 0.2) is 0 Å². The van der Waals surface area contributed by atoms with Crippen molar-refractivity contribution < 1.29 is 14.6 Å². The summed E-state index contributed by atoms with van der Waals surface area (Å²) in [6.07, 6.45) is 21.3. The second-order valence-electron chi connectivity index (χ2n) is 12.0. The van der Waals surface area contributed by atoms with Crippen LogP contribution in [0, 0.1) is 11.8 Å². The molecule has 4 heteroatoms. The molecule has 2 fully saturated rings. The highest BCUT2D eigenvalue weighted by atomic mass is 16.5. The van der Waals surface area contributed by atoms with Crippen LogP contribution in [0.25, 0.3) is 0 Å². The fourth-order valence-corrected chi connectivity index (χ4v) is 7.78. The minimum atomic E-state index is -0.233. The molecule has 0 spiro atoms. The van der Waals surface area contributed by atoms with E-state index in [1.807, 2.05) is 18.5 Å². The Kier molecular flexibility index (Phi) is 8.97. The van der Waals surface area contributed by atoms with Crippen molar-refractivity contribution in [1.82, 2.24) is 4.98 Å². The van der Waals surface area contributed by atoms with E-state index in [-0.39, 0.29) is 12.1 Å². The molecule has 0 saturated heterocycles. The molecule has 5 atom stereocenters. The predicted octanol–water partition coefficient (Wildman–Crippen LogP) is 7.66. The van der Waals surface area contributed by atoms with Gasteiger partial charge in [-0.3, -0.25) is 9.78 Å². The van der Waals surface area contributed by atoms with E-state index >= 15 is 0 Å². The normalized spacial score (nSPS) is 26.6. The molecule has 0 amide bonds. The molecule has 3 aliphatic carbocycles. The fraction of sp³-hybridized carbons (Fsp3) is 0.636. The van der Waals surface area contributed by atoms with E-state index in [0.717, 1.165) is 43.8 Å². The molecular formula is C33H45NO3. The van der Waals surface area contributed by atoms with Gasteiger partial charge < -0.3 is 9.84 Å². The molecule has 2 aromatic rings. The molecule has 0 aliphatic heterocycles. The first-order chi connectivity index (χ1) is 18.1. The standard InChI is InChI=1S/C33H45NO3/c1-23(35)37-32-20-25(12-7-5-3-2-4-6-11-24-13-10-18-34-22-24)19-30-28-15-9-8-14-27(28)29-17-16-26(36)21-31(29)33(30)32/h10,13,18-20,22,26-29,31,36H,2-9,11-12,14-17,21H2,1H3. The van der Waals surface area contributed by atoms with Crippen molar-refractivity contribution in [3.05, 3.63) is 58.9 Å². The second-order valence-corrected chi connectivity index (χ2v) is 12.0. The Hall–Kier alpha value is -2.20. The summed E-state index contributed by atoms with van der Waals surface area (Å²) in [5, 5.41) is 10.6. The summed E-state index contributed by atoms with van der Waals surface area (Å²) in [5.74, 6) is 2.83. The zero-order valence-corrected chi connectivity index (χ0v) is 22.7. The third-order valence-electron chi connectivity index (χ3n) is 9.41. The predicted molar refractivity (Wildman–Crippen MR) is 148 cm³/mol. The molecule has 1 heterocycles. The topological polar surface area (TPSA) is 59.4 Å². The number of benzene rings is 1. The zero-order valence-electron chi connectivity index (χ0n) is 22.7. The smallest absolute Gasteiger partial charge is 0.308 e. The first-order valence-corrected chi connectivity index (χ1v) is 15.0. The van der Waals surface area contributed by atoms with Crippen molar-refractivity contribution in [2.24, 2.45) is 11.8 Å². The molecule has 37 heavy (non-hydrogen) atoms. The van der Waals surface area contributed by atoms with Crippen LogP contribution in [0.15, 0.2) is 36.7 Å². The number of nitrogens with zero attached hydrogens (tertiary/aromatic N) is 1. The van der Waals surface area contributed by atoms with Gasteiger partial charge >= 0.3 is 5.97 Å². The lowest BCUT2D eigenvalue weighted by atomic mass is 9.55. The maximum atomic E-state index is 12.1. The van der Waals surface area contributed by atoms with Gasteiger partial charge in [0.1, 0.15) is 5.75 Å². The fourth-order valence-electron chi connectivity index (χ4n) is 7.78. The Morgan fingerprint density at radius 2 is 1.65 bits per heavy atom. The van der Waals surface area contributed by atoms with Crippen molar-refractivity contribution in [2.75, 3.05) is 0 Å². The highest BCUT2D eigenvalue weighted by Crippen LogP contribution is 2.59. The minimum Gasteiger partial charge on any atom is -0.426 e. The lowest BCUT2D eigenvalue weighted by molar-refractivity contribution is -0.132. The van der Waals surface area contributed by atoms with E-state index in [1.165, 1.54) is 93.4 Å². The third kappa shape index (κ3) is 6.45. The third-order valence-corrected chi connectivity index (χ3v) is 9.41. The number of aromatic nitrogens is 1. The molecule has 2 saturated carbocycles. The lowest BCUT2D eigenvalue weighted by Crippen LogP contribution is -2.40. The van der Waals surface area contributed by atoms with Crippen LogP contribution in [0.1, 0.15) is 124 Å². The second kappa shape index (κ2) is 12.6. The maximum absolute atomic E-state index is 12.1. The summed E-state index contributed by atoms with van der Waals surface area (Å²) in [4.78, 5) is 16.3. The number of aryl methyl sites for hydroxylation is 2. The molecule has 5 unspecified atom stereocenters. The molecule has 0 bridgehead atoms. The van der Waals surface area contributed by atoms with Crippen LogP contribution in [0.2, 0.25) is 0 Å². The Morgan fingerprint density at radius 3 is 2.41 bits per heavy atom. The van der Waals surface area contributed by atoms with Crippen LogP contribution in [-0.4, -0.2) is 22.2 Å². The summed E-state index contributed by atoms with van der Waals surface area (Å²) in [6, 6.07) is 8.82. The van der Waals surface area contributed by atoms with Crippen LogP contribution in [-0.2, 0) is 17.6 Å². The maximum Gasteiger partial charge on any atom is 0.308 e. The van der Waals surface area contributed by atoms with Crippen LogP contribution in [0.4, 0.5) is 0 Å². The van der Waals surface area contributed by atoms with E-state index in [4.69, 9.17) is 4.74 Å². The Labute approximate surface area is 223 Å². The van der Waals surface area contributed by atoms with Crippen LogP contribution in [0.5, 0.6) is 5.75 Å². The van der Waals surface area contributed by atoms with Crippen molar-refractivity contribution in [3.63, 3.8) is 0 Å². The number of hydrogen-bond donors (Lipinski definition) is 1. The number of rotatable bonds is 10. The number of ether oxygens (including phenoxy) is 1. The van der Waals surface area contributed by atoms with E-state index in [1.54, 1.807) is 0 Å². The summed E-state index contributed by atoms with van der Waals surface area (Å²) < 4.78 is 5.90. The van der Waals surface area contributed by atoms with Gasteiger partial charge in [0.25, 0.3) is 0 Å². The molecule has 1 aromatic carbocycles. The number of aliphatic hydroxyl groups excluding tert-OH is 1. The van der Waals surface area contributed by atoms with Crippen molar-refractivity contribution in [1.29, 1.82) is 0 Å². The monoisotopic (exact) mass is 503 g/mol. The van der Waals surface area contributed by atoms with E-state index in [0.29, 0.717) is 17.8 Å². The number of carbonyl (C=O) groups excluding carboxylic acids is 1. The van der Waals surface area contributed by atoms with Crippen LogP contribution < -0.4 is 4.74 Å². The van der Waals surface area contributed by atoms with E-state index < -0.39 is 0 Å². The molecule has 5 rings (SSSR count). The van der Waals surface area contributed by atoms with E-state index in [9.17, 15) is 9.90 Å². The molecule has 4 nitrogen and oxygen atoms in total. The number of carbonyl (C=O) groups is 1. The summed E-state index contributed by atoms with van der Waals surface area (Å²) >= 11 is 0. The van der Waals surface area contributed by atoms with Crippen molar-refractivity contribution in [3.8, 4) is 5.75 Å². The van der Waals surface area contributed by atoms with Gasteiger partial charge in [0.05, 0.1) is 6.10 Å². The highest BCUT2D eigenvalue weighted by Gasteiger charge is 2.47. The SMILES string of the molecule is CC(=O)Oc1cc(CCCCCCCCc2cccnc2)cc2c1C1CC(O)CCC1C1CCCCC21. The first-order valence-electron chi connectivity index (χ1n) is 15.0. The highest BCUT2D eigenvalue weighted by molar-refractivity contribution is 5.70. The van der Waals surface area contributed by atoms with Crippen LogP contribution in [0.3, 0.4) is 0 Å². The molecule has 3 aliphatic rings. The molecule has 1 N–H and O–H groups in total. The van der Waals surface area contributed by atoms with Crippen molar-refractivity contribution in [2.45, 2.75) is 121 Å². The van der Waals surface area contributed by atoms with Gasteiger partial charge in [-0.05, 0) is 110 Å². The Bertz CT molecular complexity index is 1040. The number of fused-ring (bicyclic) bond motifs is 6. The average molecular weight is 504 g/mol. The van der Waals surface area contributed by atoms with Gasteiger partial charge in [-0.15, -0.1) is 0 Å². The zero-order chi connectivity index (χ0) is 25.6. The van der Waals surface area contributed by atoms with Gasteiger partial charge in [-0.25, -0.2) is 0 Å². The Morgan fingerprint density at radius 1 is 0.919 bits per heavy atom. The number of aliphatic hydroxyl groups is 1. The Balaban J connectivity index is 1.23. The number of pyridine rings is 1. The van der Waals surface area contributed by atoms with E-state index in [2.05, 4.69) is 23.2 Å². The van der Waals surface area contributed by atoms with Gasteiger partial charge in [-0.2, -0.15) is 0 Å². The van der Waals surface area contributed by atoms with Crippen molar-refractivity contribution >= 4 is 5.97 Å². The van der Waals surface area contributed by atoms with Gasteiger partial charge in [0, 0.05) is 24.9 Å². The first kappa shape index (κ1) is 26.4. The number of unbranched alkanes of at least 4 members (excludes halogenated alkanes) is 5. The van der Waals surface area contributed by atoms with Crippen LogP contribution >= 0.6 is 0 Å². The molecule has 0 radical (unpaired) electrons. The van der Waals surface area contributed by atoms with Gasteiger partial charge in [0.2, 0.25) is 0 Å². The average Bonchev–Trinajstić information content (AvgIpc) is 2.90. The quantitative estimate of drug-likeness (QED) is 0.205. The molecular weight excluding hydrogens is 458 g/mol. The molecule has 1 aromatic heterocycles. The number of hydrogen-bond acceptors (Lipinski definition) is 4. The summed E-state index contributed by atoms with van der Waals surface area (Å²) in [6.45, 7) is 1.52. The van der Waals surface area contributed by atoms with Gasteiger partial charge in [-0.1, -0.05) is 50.7 Å². The summed E-state index contributed by atoms with van der Waals surface area (Å²) in [7, 11) is 0. The molecule has 200 valence electrons. The minimum absolute atomic E-state index is 0.232. The summed E-state index contributed by atoms with van der Waals surface area (Å²) in [5.41, 5.74) is 5.38.